The zero-order valence-electron chi connectivity index (χ0n) is 32.8. The molecule has 0 aromatic heterocycles. The van der Waals surface area contributed by atoms with E-state index in [-0.39, 0.29) is 37.5 Å². The Morgan fingerprint density at radius 2 is 0.824 bits per heavy atom. The molecule has 0 aliphatic rings. The number of ether oxygens (including phenoxy) is 3. The number of hydrogen-bond acceptors (Lipinski definition) is 6. The van der Waals surface area contributed by atoms with Crippen molar-refractivity contribution in [3.8, 4) is 0 Å². The largest absolute Gasteiger partial charge is 0.462 e. The number of rotatable bonds is 35. The van der Waals surface area contributed by atoms with Gasteiger partial charge in [-0.05, 0) is 89.9 Å². The molecule has 0 spiro atoms. The van der Waals surface area contributed by atoms with E-state index in [0.717, 1.165) is 109 Å². The van der Waals surface area contributed by atoms with E-state index in [1.165, 1.54) is 25.7 Å². The van der Waals surface area contributed by atoms with Crippen LogP contribution in [0.2, 0.25) is 0 Å². The Kier molecular flexibility index (Phi) is 37.2. The van der Waals surface area contributed by atoms with Crippen LogP contribution in [-0.4, -0.2) is 37.2 Å². The van der Waals surface area contributed by atoms with Gasteiger partial charge in [-0.2, -0.15) is 0 Å². The minimum Gasteiger partial charge on any atom is -0.462 e. The van der Waals surface area contributed by atoms with E-state index >= 15 is 0 Å². The van der Waals surface area contributed by atoms with Gasteiger partial charge in [-0.15, -0.1) is 0 Å². The minimum atomic E-state index is -0.805. The van der Waals surface area contributed by atoms with Crippen LogP contribution in [-0.2, 0) is 28.6 Å². The van der Waals surface area contributed by atoms with Gasteiger partial charge in [-0.25, -0.2) is 0 Å². The van der Waals surface area contributed by atoms with Crippen molar-refractivity contribution in [2.75, 3.05) is 13.2 Å². The van der Waals surface area contributed by atoms with Crippen molar-refractivity contribution in [3.63, 3.8) is 0 Å². The van der Waals surface area contributed by atoms with Crippen LogP contribution in [0.5, 0.6) is 0 Å². The van der Waals surface area contributed by atoms with Crippen LogP contribution in [0, 0.1) is 0 Å². The zero-order valence-corrected chi connectivity index (χ0v) is 32.8. The van der Waals surface area contributed by atoms with E-state index in [4.69, 9.17) is 14.2 Å². The van der Waals surface area contributed by atoms with Gasteiger partial charge in [0.15, 0.2) is 6.10 Å². The first kappa shape index (κ1) is 47.8. The SMILES string of the molecule is CC/C=C\C/C=C\C/C=C\CCCCC(=O)OCC(COC(=O)CCCCCC/C=C\CCCC)OC(=O)CCCCC/C=C\C=C/CCCC. The first-order chi connectivity index (χ1) is 25.0. The molecule has 0 radical (unpaired) electrons. The van der Waals surface area contributed by atoms with E-state index in [1.54, 1.807) is 0 Å². The summed E-state index contributed by atoms with van der Waals surface area (Å²) in [5.74, 6) is -1.00. The molecule has 0 bridgehead atoms. The van der Waals surface area contributed by atoms with Crippen molar-refractivity contribution in [2.24, 2.45) is 0 Å². The predicted molar refractivity (Wildman–Crippen MR) is 214 cm³/mol. The standard InChI is InChI=1S/C45H74O6/c1-4-7-10-13-16-19-22-24-26-29-32-35-38-44(47)50-41-42(40-49-43(46)37-34-31-28-25-21-18-15-12-9-6-3)51-45(48)39-36-33-30-27-23-20-17-14-11-8-5-2/h7,10,14-20,23-24,26,42H,4-6,8-9,11-13,21-22,25,27-41H2,1-3H3/b10-7-,17-14-,18-15-,19-16-,23-20-,26-24-. The first-order valence-electron chi connectivity index (χ1n) is 20.5. The Hall–Kier alpha value is -3.15. The van der Waals surface area contributed by atoms with Gasteiger partial charge < -0.3 is 14.2 Å². The molecule has 6 heteroatoms. The third-order valence-electron chi connectivity index (χ3n) is 8.19. The topological polar surface area (TPSA) is 78.9 Å². The summed E-state index contributed by atoms with van der Waals surface area (Å²) in [7, 11) is 0. The number of allylic oxidation sites excluding steroid dienone is 12. The highest BCUT2D eigenvalue weighted by Crippen LogP contribution is 2.11. The van der Waals surface area contributed by atoms with Crippen molar-refractivity contribution in [1.29, 1.82) is 0 Å². The summed E-state index contributed by atoms with van der Waals surface area (Å²) in [4.78, 5) is 37.5. The minimum absolute atomic E-state index is 0.106. The van der Waals surface area contributed by atoms with Crippen molar-refractivity contribution in [1.82, 2.24) is 0 Å². The third-order valence-corrected chi connectivity index (χ3v) is 8.19. The van der Waals surface area contributed by atoms with Gasteiger partial charge >= 0.3 is 17.9 Å². The fourth-order valence-corrected chi connectivity index (χ4v) is 5.06. The van der Waals surface area contributed by atoms with E-state index in [9.17, 15) is 14.4 Å². The molecule has 0 saturated carbocycles. The fraction of sp³-hybridized carbons (Fsp3) is 0.667. The Labute approximate surface area is 312 Å². The van der Waals surface area contributed by atoms with Crippen molar-refractivity contribution < 1.29 is 28.6 Å². The van der Waals surface area contributed by atoms with Gasteiger partial charge in [0.1, 0.15) is 13.2 Å². The summed E-state index contributed by atoms with van der Waals surface area (Å²) in [6.45, 7) is 6.31. The zero-order chi connectivity index (χ0) is 37.3. The fourth-order valence-electron chi connectivity index (χ4n) is 5.06. The maximum absolute atomic E-state index is 12.6. The van der Waals surface area contributed by atoms with Gasteiger partial charge in [-0.3, -0.25) is 14.4 Å². The summed E-state index contributed by atoms with van der Waals surface area (Å²) in [6.07, 6.45) is 47.5. The molecule has 0 aromatic carbocycles. The highest BCUT2D eigenvalue weighted by molar-refractivity contribution is 5.71. The van der Waals surface area contributed by atoms with Crippen LogP contribution in [0.25, 0.3) is 0 Å². The lowest BCUT2D eigenvalue weighted by Gasteiger charge is -2.18. The first-order valence-corrected chi connectivity index (χ1v) is 20.5. The van der Waals surface area contributed by atoms with Crippen molar-refractivity contribution in [3.05, 3.63) is 72.9 Å². The summed E-state index contributed by atoms with van der Waals surface area (Å²) in [5, 5.41) is 0. The summed E-state index contributed by atoms with van der Waals surface area (Å²) in [6, 6.07) is 0. The van der Waals surface area contributed by atoms with E-state index in [1.807, 2.05) is 0 Å². The Balaban J connectivity index is 4.52. The van der Waals surface area contributed by atoms with Crippen LogP contribution in [0.15, 0.2) is 72.9 Å². The maximum Gasteiger partial charge on any atom is 0.306 e. The van der Waals surface area contributed by atoms with E-state index in [0.29, 0.717) is 12.8 Å². The molecule has 0 aliphatic carbocycles. The number of esters is 3. The third kappa shape index (κ3) is 37.9. The Morgan fingerprint density at radius 1 is 0.431 bits per heavy atom. The smallest absolute Gasteiger partial charge is 0.306 e. The number of unbranched alkanes of at least 4 members (excludes halogenated alkanes) is 13. The molecule has 0 aliphatic heterocycles. The van der Waals surface area contributed by atoms with E-state index < -0.39 is 6.10 Å². The van der Waals surface area contributed by atoms with Crippen LogP contribution in [0.4, 0.5) is 0 Å². The molecule has 1 unspecified atom stereocenters. The molecule has 0 rings (SSSR count). The Bertz CT molecular complexity index is 1000. The number of carbonyl (C=O) groups excluding carboxylic acids is 3. The normalized spacial score (nSPS) is 12.8. The second-order valence-electron chi connectivity index (χ2n) is 13.2. The molecule has 290 valence electrons. The van der Waals surface area contributed by atoms with Crippen LogP contribution < -0.4 is 0 Å². The van der Waals surface area contributed by atoms with Gasteiger partial charge in [0, 0.05) is 19.3 Å². The second-order valence-corrected chi connectivity index (χ2v) is 13.2. The highest BCUT2D eigenvalue weighted by Gasteiger charge is 2.19. The summed E-state index contributed by atoms with van der Waals surface area (Å²) < 4.78 is 16.5. The molecular weight excluding hydrogens is 636 g/mol. The summed E-state index contributed by atoms with van der Waals surface area (Å²) >= 11 is 0. The molecule has 0 saturated heterocycles. The molecular formula is C45H74O6. The molecule has 1 atom stereocenters. The van der Waals surface area contributed by atoms with Crippen LogP contribution >= 0.6 is 0 Å². The van der Waals surface area contributed by atoms with Crippen LogP contribution in [0.1, 0.15) is 175 Å². The molecule has 6 nitrogen and oxygen atoms in total. The quantitative estimate of drug-likeness (QED) is 0.0214. The number of carbonyl (C=O) groups is 3. The Morgan fingerprint density at radius 3 is 1.39 bits per heavy atom. The number of hydrogen-bond donors (Lipinski definition) is 0. The van der Waals surface area contributed by atoms with Gasteiger partial charge in [0.05, 0.1) is 0 Å². The molecule has 51 heavy (non-hydrogen) atoms. The molecule has 0 N–H and O–H groups in total. The van der Waals surface area contributed by atoms with Crippen molar-refractivity contribution in [2.45, 2.75) is 181 Å². The molecule has 0 fully saturated rings. The predicted octanol–water partition coefficient (Wildman–Crippen LogP) is 12.7. The van der Waals surface area contributed by atoms with Crippen molar-refractivity contribution >= 4 is 17.9 Å². The lowest BCUT2D eigenvalue weighted by atomic mass is 10.1. The molecule has 0 aromatic rings. The van der Waals surface area contributed by atoms with E-state index in [2.05, 4.69) is 93.7 Å². The maximum atomic E-state index is 12.6. The van der Waals surface area contributed by atoms with Gasteiger partial charge in [0.2, 0.25) is 0 Å². The molecule has 0 heterocycles. The van der Waals surface area contributed by atoms with Gasteiger partial charge in [-0.1, -0.05) is 139 Å². The van der Waals surface area contributed by atoms with Crippen LogP contribution in [0.3, 0.4) is 0 Å². The highest BCUT2D eigenvalue weighted by atomic mass is 16.6. The summed E-state index contributed by atoms with van der Waals surface area (Å²) in [5.41, 5.74) is 0. The lowest BCUT2D eigenvalue weighted by Crippen LogP contribution is -2.30. The average Bonchev–Trinajstić information content (AvgIpc) is 3.12. The van der Waals surface area contributed by atoms with Gasteiger partial charge in [0.25, 0.3) is 0 Å². The second kappa shape index (κ2) is 39.6. The average molecular weight is 711 g/mol. The molecule has 0 amide bonds. The monoisotopic (exact) mass is 711 g/mol. The lowest BCUT2D eigenvalue weighted by molar-refractivity contribution is -0.167.